The second-order valence-corrected chi connectivity index (χ2v) is 6.24. The van der Waals surface area contributed by atoms with E-state index in [1.807, 2.05) is 19.1 Å². The third kappa shape index (κ3) is 5.33. The topological polar surface area (TPSA) is 43.4 Å². The molecule has 0 aliphatic rings. The van der Waals surface area contributed by atoms with Gasteiger partial charge < -0.3 is 4.74 Å². The van der Waals surface area contributed by atoms with Crippen LogP contribution in [0.2, 0.25) is 5.02 Å². The van der Waals surface area contributed by atoms with E-state index in [9.17, 15) is 9.00 Å². The molecule has 0 bridgehead atoms. The number of benzene rings is 1. The molecule has 19 heavy (non-hydrogen) atoms. The van der Waals surface area contributed by atoms with Gasteiger partial charge in [-0.15, -0.1) is 0 Å². The second-order valence-electron chi connectivity index (χ2n) is 4.18. The lowest BCUT2D eigenvalue weighted by Crippen LogP contribution is -2.28. The monoisotopic (exact) mass is 302 g/mol. The molecule has 3 nitrogen and oxygen atoms in total. The summed E-state index contributed by atoms with van der Waals surface area (Å²) in [5.74, 6) is -0.0163. The van der Waals surface area contributed by atoms with E-state index in [1.165, 1.54) is 0 Å². The van der Waals surface area contributed by atoms with Crippen molar-refractivity contribution >= 4 is 28.4 Å². The van der Waals surface area contributed by atoms with Crippen molar-refractivity contribution in [2.75, 3.05) is 6.61 Å². The maximum Gasteiger partial charge on any atom is 0.321 e. The van der Waals surface area contributed by atoms with Crippen molar-refractivity contribution in [2.24, 2.45) is 0 Å². The highest BCUT2D eigenvalue weighted by Gasteiger charge is 2.25. The van der Waals surface area contributed by atoms with Crippen LogP contribution in [0.4, 0.5) is 0 Å². The Hall–Kier alpha value is -0.870. The SMILES string of the molecule is CCCC(C(=O)OCC)S(=O)Cc1ccc(Cl)cc1. The standard InChI is InChI=1S/C14H19ClO3S/c1-3-5-13(14(16)18-4-2)19(17)10-11-6-8-12(15)9-7-11/h6-9,13H,3-5,10H2,1-2H3. The summed E-state index contributed by atoms with van der Waals surface area (Å²) in [7, 11) is -1.26. The summed E-state index contributed by atoms with van der Waals surface area (Å²) < 4.78 is 17.3. The van der Waals surface area contributed by atoms with Gasteiger partial charge in [-0.25, -0.2) is 0 Å². The van der Waals surface area contributed by atoms with Gasteiger partial charge >= 0.3 is 5.97 Å². The van der Waals surface area contributed by atoms with Crippen LogP contribution in [0.5, 0.6) is 0 Å². The quantitative estimate of drug-likeness (QED) is 0.726. The Kier molecular flexibility index (Phi) is 7.10. The van der Waals surface area contributed by atoms with Crippen LogP contribution < -0.4 is 0 Å². The lowest BCUT2D eigenvalue weighted by Gasteiger charge is -2.14. The summed E-state index contributed by atoms with van der Waals surface area (Å²) >= 11 is 5.80. The molecule has 5 heteroatoms. The maximum atomic E-state index is 12.3. The molecular formula is C14H19ClO3S. The number of halogens is 1. The number of esters is 1. The van der Waals surface area contributed by atoms with Gasteiger partial charge in [0.25, 0.3) is 0 Å². The zero-order valence-corrected chi connectivity index (χ0v) is 12.8. The van der Waals surface area contributed by atoms with E-state index in [4.69, 9.17) is 16.3 Å². The van der Waals surface area contributed by atoms with E-state index in [0.29, 0.717) is 23.8 Å². The average molecular weight is 303 g/mol. The van der Waals surface area contributed by atoms with Crippen molar-refractivity contribution < 1.29 is 13.7 Å². The van der Waals surface area contributed by atoms with Crippen molar-refractivity contribution in [3.8, 4) is 0 Å². The van der Waals surface area contributed by atoms with Crippen LogP contribution in [0.3, 0.4) is 0 Å². The van der Waals surface area contributed by atoms with Gasteiger partial charge in [-0.05, 0) is 31.0 Å². The van der Waals surface area contributed by atoms with Crippen molar-refractivity contribution in [2.45, 2.75) is 37.7 Å². The van der Waals surface area contributed by atoms with Crippen LogP contribution in [0, 0.1) is 0 Å². The fourth-order valence-electron chi connectivity index (χ4n) is 1.70. The van der Waals surface area contributed by atoms with Crippen molar-refractivity contribution in [1.29, 1.82) is 0 Å². The number of rotatable bonds is 7. The molecule has 0 radical (unpaired) electrons. The van der Waals surface area contributed by atoms with Crippen molar-refractivity contribution in [3.05, 3.63) is 34.9 Å². The molecule has 0 aliphatic carbocycles. The number of hydrogen-bond donors (Lipinski definition) is 0. The number of ether oxygens (including phenoxy) is 1. The van der Waals surface area contributed by atoms with E-state index >= 15 is 0 Å². The van der Waals surface area contributed by atoms with Gasteiger partial charge in [0.2, 0.25) is 0 Å². The van der Waals surface area contributed by atoms with Crippen LogP contribution >= 0.6 is 11.6 Å². The van der Waals surface area contributed by atoms with E-state index in [-0.39, 0.29) is 5.97 Å². The molecule has 1 aromatic rings. The zero-order chi connectivity index (χ0) is 14.3. The second kappa shape index (κ2) is 8.33. The minimum Gasteiger partial charge on any atom is -0.465 e. The fraction of sp³-hybridized carbons (Fsp3) is 0.500. The minimum atomic E-state index is -1.26. The lowest BCUT2D eigenvalue weighted by molar-refractivity contribution is -0.142. The van der Waals surface area contributed by atoms with Gasteiger partial charge in [0.15, 0.2) is 0 Å². The molecule has 0 aliphatic heterocycles. The summed E-state index contributed by atoms with van der Waals surface area (Å²) in [5.41, 5.74) is 0.910. The number of carbonyl (C=O) groups is 1. The molecule has 0 amide bonds. The Labute approximate surface area is 121 Å². The van der Waals surface area contributed by atoms with Gasteiger partial charge in [-0.3, -0.25) is 9.00 Å². The molecule has 2 unspecified atom stereocenters. The molecule has 106 valence electrons. The van der Waals surface area contributed by atoms with E-state index in [1.54, 1.807) is 19.1 Å². The summed E-state index contributed by atoms with van der Waals surface area (Å²) in [5, 5.41) is 0.102. The Bertz CT molecular complexity index is 431. The third-order valence-electron chi connectivity index (χ3n) is 2.64. The highest BCUT2D eigenvalue weighted by molar-refractivity contribution is 7.85. The molecule has 0 saturated carbocycles. The highest BCUT2D eigenvalue weighted by atomic mass is 35.5. The minimum absolute atomic E-state index is 0.317. The molecule has 0 spiro atoms. The van der Waals surface area contributed by atoms with Gasteiger partial charge in [0.05, 0.1) is 6.61 Å². The first kappa shape index (κ1) is 16.2. The van der Waals surface area contributed by atoms with Crippen LogP contribution in [0.25, 0.3) is 0 Å². The van der Waals surface area contributed by atoms with Gasteiger partial charge in [-0.2, -0.15) is 0 Å². The molecule has 0 heterocycles. The van der Waals surface area contributed by atoms with Crippen molar-refractivity contribution in [1.82, 2.24) is 0 Å². The van der Waals surface area contributed by atoms with Crippen LogP contribution in [-0.4, -0.2) is 22.0 Å². The first-order valence-electron chi connectivity index (χ1n) is 6.36. The summed E-state index contributed by atoms with van der Waals surface area (Å²) in [6, 6.07) is 7.17. The Morgan fingerprint density at radius 1 is 1.32 bits per heavy atom. The lowest BCUT2D eigenvalue weighted by atomic mass is 10.2. The predicted octanol–water partition coefficient (Wildman–Crippen LogP) is 3.32. The van der Waals surface area contributed by atoms with Crippen LogP contribution in [0.15, 0.2) is 24.3 Å². The molecule has 0 saturated heterocycles. The fourth-order valence-corrected chi connectivity index (χ4v) is 3.33. The Morgan fingerprint density at radius 3 is 2.47 bits per heavy atom. The van der Waals surface area contributed by atoms with Crippen LogP contribution in [0.1, 0.15) is 32.3 Å². The molecule has 1 rings (SSSR count). The molecule has 0 fully saturated rings. The molecular weight excluding hydrogens is 284 g/mol. The van der Waals surface area contributed by atoms with E-state index < -0.39 is 16.0 Å². The van der Waals surface area contributed by atoms with Crippen LogP contribution in [-0.2, 0) is 26.1 Å². The molecule has 2 atom stereocenters. The Balaban J connectivity index is 2.71. The zero-order valence-electron chi connectivity index (χ0n) is 11.2. The summed E-state index contributed by atoms with van der Waals surface area (Å²) in [6.07, 6.45) is 1.38. The van der Waals surface area contributed by atoms with E-state index in [0.717, 1.165) is 12.0 Å². The molecule has 1 aromatic carbocycles. The molecule has 0 N–H and O–H groups in total. The smallest absolute Gasteiger partial charge is 0.321 e. The third-order valence-corrected chi connectivity index (χ3v) is 4.57. The number of carbonyl (C=O) groups excluding carboxylic acids is 1. The average Bonchev–Trinajstić information content (AvgIpc) is 2.38. The Morgan fingerprint density at radius 2 is 1.95 bits per heavy atom. The maximum absolute atomic E-state index is 12.3. The number of hydrogen-bond acceptors (Lipinski definition) is 3. The van der Waals surface area contributed by atoms with Gasteiger partial charge in [0, 0.05) is 21.6 Å². The highest BCUT2D eigenvalue weighted by Crippen LogP contribution is 2.15. The van der Waals surface area contributed by atoms with Crippen molar-refractivity contribution in [3.63, 3.8) is 0 Å². The molecule has 0 aromatic heterocycles. The summed E-state index contributed by atoms with van der Waals surface area (Å²) in [6.45, 7) is 4.03. The van der Waals surface area contributed by atoms with Gasteiger partial charge in [0.1, 0.15) is 5.25 Å². The first-order valence-corrected chi connectivity index (χ1v) is 8.12. The summed E-state index contributed by atoms with van der Waals surface area (Å²) in [4.78, 5) is 11.8. The normalized spacial score (nSPS) is 13.8. The van der Waals surface area contributed by atoms with E-state index in [2.05, 4.69) is 0 Å². The largest absolute Gasteiger partial charge is 0.465 e. The van der Waals surface area contributed by atoms with Gasteiger partial charge in [-0.1, -0.05) is 37.1 Å². The first-order chi connectivity index (χ1) is 9.08. The predicted molar refractivity (Wildman–Crippen MR) is 78.6 cm³/mol.